The molecule has 1 aliphatic rings. The van der Waals surface area contributed by atoms with E-state index < -0.39 is 0 Å². The molecule has 0 fully saturated rings. The summed E-state index contributed by atoms with van der Waals surface area (Å²) in [5, 5.41) is 0. The molecular weight excluding hydrogens is 152 g/mol. The third-order valence-electron chi connectivity index (χ3n) is 2.00. The largest absolute Gasteiger partial charge is 0.501 e. The fourth-order valence-corrected chi connectivity index (χ4v) is 1.25. The van der Waals surface area contributed by atoms with Crippen LogP contribution in [-0.2, 0) is 9.47 Å². The lowest BCUT2D eigenvalue weighted by Crippen LogP contribution is -2.08. The smallest absolute Gasteiger partial charge is 0.103 e. The lowest BCUT2D eigenvalue weighted by Gasteiger charge is -2.20. The molecule has 0 radical (unpaired) electrons. The normalized spacial score (nSPS) is 22.3. The van der Waals surface area contributed by atoms with Crippen LogP contribution in [0.25, 0.3) is 0 Å². The summed E-state index contributed by atoms with van der Waals surface area (Å²) >= 11 is 0. The maximum absolute atomic E-state index is 5.18. The van der Waals surface area contributed by atoms with Crippen molar-refractivity contribution in [3.63, 3.8) is 0 Å². The molecule has 0 saturated heterocycles. The Hall–Kier alpha value is -1.18. The monoisotopic (exact) mass is 166 g/mol. The van der Waals surface area contributed by atoms with Gasteiger partial charge in [-0.1, -0.05) is 6.08 Å². The van der Waals surface area contributed by atoms with E-state index >= 15 is 0 Å². The predicted octanol–water partition coefficient (Wildman–Crippen LogP) is 2.25. The predicted molar refractivity (Wildman–Crippen MR) is 48.5 cm³/mol. The average Bonchev–Trinajstić information content (AvgIpc) is 2.16. The van der Waals surface area contributed by atoms with Crippen molar-refractivity contribution in [2.75, 3.05) is 14.2 Å². The van der Waals surface area contributed by atoms with Gasteiger partial charge in [-0.3, -0.25) is 0 Å². The third-order valence-corrected chi connectivity index (χ3v) is 2.00. The summed E-state index contributed by atoms with van der Waals surface area (Å²) in [6.07, 6.45) is 6.58. The number of hydrogen-bond acceptors (Lipinski definition) is 2. The molecule has 0 aromatic heterocycles. The molecule has 66 valence electrons. The Kier molecular flexibility index (Phi) is 2.97. The second-order valence-corrected chi connectivity index (χ2v) is 2.66. The summed E-state index contributed by atoms with van der Waals surface area (Å²) in [5.74, 6) is 2.18. The summed E-state index contributed by atoms with van der Waals surface area (Å²) in [5.41, 5.74) is 0. The van der Waals surface area contributed by atoms with E-state index in [1.807, 2.05) is 18.2 Å². The van der Waals surface area contributed by atoms with E-state index in [1.54, 1.807) is 14.2 Å². The number of ether oxygens (including phenoxy) is 2. The molecule has 1 rings (SSSR count). The van der Waals surface area contributed by atoms with Gasteiger partial charge in [-0.2, -0.15) is 0 Å². The topological polar surface area (TPSA) is 18.5 Å². The van der Waals surface area contributed by atoms with Crippen molar-refractivity contribution in [1.82, 2.24) is 0 Å². The molecule has 0 spiro atoms. The zero-order chi connectivity index (χ0) is 8.97. The van der Waals surface area contributed by atoms with Gasteiger partial charge < -0.3 is 9.47 Å². The van der Waals surface area contributed by atoms with Crippen LogP contribution < -0.4 is 0 Å². The molecule has 1 aliphatic carbocycles. The molecule has 0 aromatic carbocycles. The molecule has 2 nitrogen and oxygen atoms in total. The van der Waals surface area contributed by atoms with E-state index in [4.69, 9.17) is 9.47 Å². The van der Waals surface area contributed by atoms with E-state index in [1.165, 1.54) is 0 Å². The van der Waals surface area contributed by atoms with E-state index in [2.05, 4.69) is 6.58 Å². The van der Waals surface area contributed by atoms with Gasteiger partial charge in [0.1, 0.15) is 5.76 Å². The van der Waals surface area contributed by atoms with Gasteiger partial charge in [0.2, 0.25) is 0 Å². The Labute approximate surface area is 73.2 Å². The molecule has 0 amide bonds. The molecule has 0 aromatic rings. The van der Waals surface area contributed by atoms with Gasteiger partial charge in [-0.05, 0) is 12.2 Å². The number of methoxy groups -OCH3 is 2. The van der Waals surface area contributed by atoms with Gasteiger partial charge in [-0.25, -0.2) is 0 Å². The Morgan fingerprint density at radius 1 is 1.42 bits per heavy atom. The van der Waals surface area contributed by atoms with Crippen LogP contribution in [0.2, 0.25) is 0 Å². The fraction of sp³-hybridized carbons (Fsp3) is 0.400. The highest BCUT2D eigenvalue weighted by atomic mass is 16.5. The highest BCUT2D eigenvalue weighted by Gasteiger charge is 2.16. The molecule has 0 saturated carbocycles. The van der Waals surface area contributed by atoms with Crippen molar-refractivity contribution in [3.05, 3.63) is 36.3 Å². The van der Waals surface area contributed by atoms with Crippen molar-refractivity contribution >= 4 is 0 Å². The van der Waals surface area contributed by atoms with E-state index in [0.717, 1.165) is 17.9 Å². The van der Waals surface area contributed by atoms with Gasteiger partial charge in [0.05, 0.1) is 20.0 Å². The Bertz CT molecular complexity index is 226. The SMILES string of the molecule is C=CC1CC(OC)=CC=C1OC. The number of hydrogen-bond donors (Lipinski definition) is 0. The van der Waals surface area contributed by atoms with Crippen LogP contribution in [-0.4, -0.2) is 14.2 Å². The maximum atomic E-state index is 5.18. The third kappa shape index (κ3) is 1.70. The first kappa shape index (κ1) is 8.91. The minimum absolute atomic E-state index is 0.259. The van der Waals surface area contributed by atoms with Crippen LogP contribution in [0.5, 0.6) is 0 Å². The molecular formula is C10H14O2. The first-order valence-corrected chi connectivity index (χ1v) is 3.93. The highest BCUT2D eigenvalue weighted by molar-refractivity contribution is 5.23. The van der Waals surface area contributed by atoms with Crippen molar-refractivity contribution in [2.24, 2.45) is 5.92 Å². The molecule has 0 heterocycles. The van der Waals surface area contributed by atoms with Crippen LogP contribution in [0, 0.1) is 5.92 Å². The average molecular weight is 166 g/mol. The minimum atomic E-state index is 0.259. The fourth-order valence-electron chi connectivity index (χ4n) is 1.25. The second-order valence-electron chi connectivity index (χ2n) is 2.66. The molecule has 2 heteroatoms. The maximum Gasteiger partial charge on any atom is 0.103 e. The van der Waals surface area contributed by atoms with Crippen molar-refractivity contribution in [3.8, 4) is 0 Å². The number of allylic oxidation sites excluding steroid dienone is 4. The Morgan fingerprint density at radius 2 is 2.17 bits per heavy atom. The summed E-state index contributed by atoms with van der Waals surface area (Å²) in [4.78, 5) is 0. The van der Waals surface area contributed by atoms with Gasteiger partial charge >= 0.3 is 0 Å². The summed E-state index contributed by atoms with van der Waals surface area (Å²) in [6.45, 7) is 3.75. The highest BCUT2D eigenvalue weighted by Crippen LogP contribution is 2.26. The lowest BCUT2D eigenvalue weighted by atomic mass is 9.97. The van der Waals surface area contributed by atoms with Crippen molar-refractivity contribution in [2.45, 2.75) is 6.42 Å². The molecule has 12 heavy (non-hydrogen) atoms. The van der Waals surface area contributed by atoms with Gasteiger partial charge in [0.15, 0.2) is 0 Å². The zero-order valence-electron chi connectivity index (χ0n) is 7.54. The molecule has 1 atom stereocenters. The lowest BCUT2D eigenvalue weighted by molar-refractivity contribution is 0.223. The van der Waals surface area contributed by atoms with E-state index in [0.29, 0.717) is 0 Å². The summed E-state index contributed by atoms with van der Waals surface area (Å²) < 4.78 is 10.3. The van der Waals surface area contributed by atoms with Crippen LogP contribution in [0.15, 0.2) is 36.3 Å². The molecule has 0 bridgehead atoms. The van der Waals surface area contributed by atoms with Gasteiger partial charge in [-0.15, -0.1) is 6.58 Å². The number of rotatable bonds is 3. The van der Waals surface area contributed by atoms with E-state index in [9.17, 15) is 0 Å². The Balaban J connectivity index is 2.77. The zero-order valence-corrected chi connectivity index (χ0v) is 7.54. The second kappa shape index (κ2) is 4.00. The van der Waals surface area contributed by atoms with Crippen LogP contribution in [0.4, 0.5) is 0 Å². The molecule has 1 unspecified atom stereocenters. The molecule has 0 N–H and O–H groups in total. The van der Waals surface area contributed by atoms with Crippen LogP contribution >= 0.6 is 0 Å². The van der Waals surface area contributed by atoms with E-state index in [-0.39, 0.29) is 5.92 Å². The van der Waals surface area contributed by atoms with Gasteiger partial charge in [0.25, 0.3) is 0 Å². The van der Waals surface area contributed by atoms with Crippen LogP contribution in [0.3, 0.4) is 0 Å². The first-order valence-electron chi connectivity index (χ1n) is 3.93. The first-order chi connectivity index (χ1) is 5.81. The minimum Gasteiger partial charge on any atom is -0.501 e. The quantitative estimate of drug-likeness (QED) is 0.599. The summed E-state index contributed by atoms with van der Waals surface area (Å²) in [7, 11) is 3.35. The standard InChI is InChI=1S/C10H14O2/c1-4-8-7-9(11-2)5-6-10(8)12-3/h4-6,8H,1,7H2,2-3H3. The Morgan fingerprint density at radius 3 is 2.67 bits per heavy atom. The summed E-state index contributed by atoms with van der Waals surface area (Å²) in [6, 6.07) is 0. The van der Waals surface area contributed by atoms with Crippen molar-refractivity contribution < 1.29 is 9.47 Å². The molecule has 0 aliphatic heterocycles. The van der Waals surface area contributed by atoms with Crippen molar-refractivity contribution in [1.29, 1.82) is 0 Å². The van der Waals surface area contributed by atoms with Gasteiger partial charge in [0, 0.05) is 12.3 Å². The van der Waals surface area contributed by atoms with Crippen LogP contribution in [0.1, 0.15) is 6.42 Å².